The Morgan fingerprint density at radius 2 is 1.67 bits per heavy atom. The lowest BCUT2D eigenvalue weighted by molar-refractivity contribution is -0.160. The van der Waals surface area contributed by atoms with Crippen LogP contribution in [0.25, 0.3) is 10.8 Å². The van der Waals surface area contributed by atoms with Gasteiger partial charge >= 0.3 is 11.8 Å². The van der Waals surface area contributed by atoms with Gasteiger partial charge < -0.3 is 44.7 Å². The van der Waals surface area contributed by atoms with E-state index in [0.717, 1.165) is 19.3 Å². The zero-order chi connectivity index (χ0) is 44.9. The number of aromatic hydroxyl groups is 2. The summed E-state index contributed by atoms with van der Waals surface area (Å²) in [5, 5.41) is 50.6. The Kier molecular flexibility index (Phi) is 13.1. The van der Waals surface area contributed by atoms with Crippen molar-refractivity contribution < 1.29 is 53.8 Å². The molecule has 4 heterocycles. The van der Waals surface area contributed by atoms with Gasteiger partial charge in [0.25, 0.3) is 11.7 Å². The molecule has 0 aliphatic carbocycles. The Labute approximate surface area is 356 Å². The molecule has 5 N–H and O–H groups in total. The first-order valence-electron chi connectivity index (χ1n) is 21.1. The highest BCUT2D eigenvalue weighted by Gasteiger charge is 2.50. The number of carbonyl (C=O) groups excluding carboxylic acids is 3. The Bertz CT molecular complexity index is 2310. The number of nitrogens with zero attached hydrogens (tertiary/aromatic N) is 3. The van der Waals surface area contributed by atoms with Crippen LogP contribution in [0.15, 0.2) is 46.1 Å². The van der Waals surface area contributed by atoms with Crippen molar-refractivity contribution in [3.63, 3.8) is 0 Å². The second-order valence-electron chi connectivity index (χ2n) is 17.8. The van der Waals surface area contributed by atoms with Crippen LogP contribution in [0, 0.1) is 30.6 Å². The molecular weight excluding hydrogens is 785 g/mol. The number of hydrogen-bond acceptors (Lipinski definition) is 14. The SMILES string of the molecule is CO[C@H]1/C=C/O[C@@]2(C)Oc3c(C)c(O)c4c(O)c(c5c(c4c3C2=O)NCC[C@H]2CCC(C)(CN=5)N2C)=NC(=O)/C(C)=C\C=C\[C@H](C)[C@H](O)[C@@H](C)[C@@H](O)[C@@H](C)[C@H](OC(C)=O)[C@@H]1C. The lowest BCUT2D eigenvalue weighted by Crippen LogP contribution is -2.46. The molecule has 332 valence electrons. The summed E-state index contributed by atoms with van der Waals surface area (Å²) in [5.74, 6) is -7.07. The number of allylic oxidation sites excluding steroid dienone is 2. The quantitative estimate of drug-likeness (QED) is 0.208. The van der Waals surface area contributed by atoms with Gasteiger partial charge in [0.1, 0.15) is 28.3 Å². The fourth-order valence-corrected chi connectivity index (χ4v) is 9.43. The number of ether oxygens (including phenoxy) is 4. The molecule has 1 saturated heterocycles. The van der Waals surface area contributed by atoms with E-state index in [1.54, 1.807) is 65.8 Å². The van der Waals surface area contributed by atoms with Crippen molar-refractivity contribution in [1.29, 1.82) is 0 Å². The third-order valence-electron chi connectivity index (χ3n) is 13.7. The van der Waals surface area contributed by atoms with Gasteiger partial charge in [-0.1, -0.05) is 45.9 Å². The fourth-order valence-electron chi connectivity index (χ4n) is 9.43. The highest BCUT2D eigenvalue weighted by molar-refractivity contribution is 6.21. The largest absolute Gasteiger partial charge is 0.507 e. The number of aliphatic hydroxyl groups excluding tert-OH is 2. The summed E-state index contributed by atoms with van der Waals surface area (Å²) < 4.78 is 24.0. The van der Waals surface area contributed by atoms with Crippen molar-refractivity contribution in [3.8, 4) is 17.2 Å². The van der Waals surface area contributed by atoms with E-state index in [9.17, 15) is 34.8 Å². The number of hydrogen-bond donors (Lipinski definition) is 5. The predicted octanol–water partition coefficient (Wildman–Crippen LogP) is 4.54. The van der Waals surface area contributed by atoms with E-state index in [1.807, 2.05) is 0 Å². The maximum atomic E-state index is 14.8. The van der Waals surface area contributed by atoms with Crippen LogP contribution >= 0.6 is 0 Å². The number of aliphatic hydroxyl groups is 2. The van der Waals surface area contributed by atoms with Crippen molar-refractivity contribution in [2.45, 2.75) is 123 Å². The van der Waals surface area contributed by atoms with E-state index >= 15 is 0 Å². The molecule has 0 saturated carbocycles. The third-order valence-corrected chi connectivity index (χ3v) is 13.7. The van der Waals surface area contributed by atoms with Gasteiger partial charge in [-0.25, -0.2) is 4.99 Å². The van der Waals surface area contributed by atoms with E-state index in [4.69, 9.17) is 23.9 Å². The zero-order valence-corrected chi connectivity index (χ0v) is 37.1. The molecule has 6 rings (SSSR count). The van der Waals surface area contributed by atoms with E-state index in [1.165, 1.54) is 27.2 Å². The van der Waals surface area contributed by atoms with E-state index in [2.05, 4.69) is 29.2 Å². The second kappa shape index (κ2) is 17.5. The number of methoxy groups -OCH3 is 1. The smallest absolute Gasteiger partial charge is 0.312 e. The number of carbonyl (C=O) groups is 3. The monoisotopic (exact) mass is 846 g/mol. The first-order valence-corrected chi connectivity index (χ1v) is 21.1. The van der Waals surface area contributed by atoms with Gasteiger partial charge in [0.05, 0.1) is 47.8 Å². The molecule has 4 aliphatic heterocycles. The number of benzene rings is 2. The Hall–Kier alpha value is -4.83. The van der Waals surface area contributed by atoms with E-state index in [-0.39, 0.29) is 67.8 Å². The number of fused-ring (bicyclic) bond motifs is 3. The minimum atomic E-state index is -1.96. The number of ketones is 1. The third kappa shape index (κ3) is 8.29. The summed E-state index contributed by atoms with van der Waals surface area (Å²) in [6.07, 6.45) is 6.46. The predicted molar refractivity (Wildman–Crippen MR) is 228 cm³/mol. The first kappa shape index (κ1) is 45.7. The van der Waals surface area contributed by atoms with Gasteiger partial charge in [0, 0.05) is 79.3 Å². The van der Waals surface area contributed by atoms with Crippen LogP contribution in [0.5, 0.6) is 17.2 Å². The molecule has 15 nitrogen and oxygen atoms in total. The van der Waals surface area contributed by atoms with Crippen molar-refractivity contribution in [2.75, 3.05) is 32.6 Å². The van der Waals surface area contributed by atoms with E-state index in [0.29, 0.717) is 12.2 Å². The van der Waals surface area contributed by atoms with Crippen LogP contribution in [-0.2, 0) is 23.8 Å². The minimum absolute atomic E-state index is 0.0483. The topological polar surface area (TPSA) is 209 Å². The molecule has 0 radical (unpaired) electrons. The Morgan fingerprint density at radius 3 is 2.34 bits per heavy atom. The van der Waals surface area contributed by atoms with Crippen molar-refractivity contribution in [3.05, 3.63) is 58.0 Å². The summed E-state index contributed by atoms with van der Waals surface area (Å²) in [7, 11) is 3.54. The molecular formula is C46H62N4O11. The van der Waals surface area contributed by atoms with Crippen LogP contribution in [0.3, 0.4) is 0 Å². The van der Waals surface area contributed by atoms with Gasteiger partial charge in [0.15, 0.2) is 5.75 Å². The summed E-state index contributed by atoms with van der Waals surface area (Å²) in [5.41, 5.74) is 0.368. The second-order valence-corrected chi connectivity index (χ2v) is 17.8. The van der Waals surface area contributed by atoms with Crippen LogP contribution in [-0.4, -0.2) is 112 Å². The van der Waals surface area contributed by atoms with Gasteiger partial charge in [-0.15, -0.1) is 0 Å². The number of likely N-dealkylation sites (N-methyl/N-ethyl adjacent to an activating group) is 1. The highest BCUT2D eigenvalue weighted by Crippen LogP contribution is 2.50. The van der Waals surface area contributed by atoms with Crippen molar-refractivity contribution in [2.24, 2.45) is 33.7 Å². The van der Waals surface area contributed by atoms with E-state index < -0.39 is 77.3 Å². The fraction of sp³-hybridized carbons (Fsp3) is 0.587. The molecule has 0 spiro atoms. The lowest BCUT2D eigenvalue weighted by Gasteiger charge is -2.38. The first-order chi connectivity index (χ1) is 28.7. The standard InChI is InChI=1S/C46H62N4O11/c1-22-13-12-14-23(2)44(57)49-36-35-34(47-19-16-29-15-18-45(8,21-48-35)50(29)10)31-32(40(36)55)39(54)27(6)42-33(31)43(56)46(9,61-42)59-20-17-30(58-11)24(3)41(60-28(7)51)26(5)38(53)25(4)37(22)52/h12-14,17,20,22,24-26,29-30,37-38,41,47,52-55H,15-16,18-19,21H2,1-11H3/b13-12+,20-17+,23-14-,48-35?,49-36?/t22-,24+,25+,26+,29+,30-,37-,38+,41+,45?,46-/m0/s1. The maximum Gasteiger partial charge on any atom is 0.312 e. The van der Waals surface area contributed by atoms with Crippen LogP contribution in [0.4, 0.5) is 5.69 Å². The molecule has 1 unspecified atom stereocenters. The maximum absolute atomic E-state index is 14.8. The number of rotatable bonds is 2. The van der Waals surface area contributed by atoms with Crippen LogP contribution in [0.2, 0.25) is 0 Å². The number of esters is 1. The minimum Gasteiger partial charge on any atom is -0.507 e. The molecule has 2 aromatic carbocycles. The Balaban J connectivity index is 1.61. The summed E-state index contributed by atoms with van der Waals surface area (Å²) in [6, 6.07) is 0.260. The molecule has 61 heavy (non-hydrogen) atoms. The Morgan fingerprint density at radius 1 is 0.967 bits per heavy atom. The summed E-state index contributed by atoms with van der Waals surface area (Å²) >= 11 is 0. The lowest BCUT2D eigenvalue weighted by atomic mass is 9.78. The normalized spacial score (nSPS) is 35.8. The molecule has 2 aromatic rings. The average Bonchev–Trinajstić information content (AvgIpc) is 3.64. The van der Waals surface area contributed by atoms with Crippen LogP contribution in [0.1, 0.15) is 90.6 Å². The molecule has 0 aromatic heterocycles. The van der Waals surface area contributed by atoms with Gasteiger partial charge in [-0.05, 0) is 53.2 Å². The molecule has 11 atom stereocenters. The molecule has 1 amide bonds. The highest BCUT2D eigenvalue weighted by atomic mass is 16.7. The summed E-state index contributed by atoms with van der Waals surface area (Å²) in [4.78, 5) is 53.0. The van der Waals surface area contributed by atoms with Gasteiger partial charge in [-0.2, -0.15) is 0 Å². The number of nitrogens with one attached hydrogen (secondary N) is 1. The number of anilines is 1. The van der Waals surface area contributed by atoms with Gasteiger partial charge in [-0.3, -0.25) is 24.3 Å². The molecule has 1 fully saturated rings. The van der Waals surface area contributed by atoms with Gasteiger partial charge in [0.2, 0.25) is 0 Å². The number of Topliss-reactive ketones (excluding diaryl/α,β-unsaturated/α-hetero) is 1. The summed E-state index contributed by atoms with van der Waals surface area (Å²) in [6.45, 7) is 15.7. The van der Waals surface area contributed by atoms with Crippen molar-refractivity contribution >= 4 is 34.1 Å². The average molecular weight is 847 g/mol. The number of amides is 1. The van der Waals surface area contributed by atoms with Crippen LogP contribution < -0.4 is 20.8 Å². The molecule has 6 bridgehead atoms. The van der Waals surface area contributed by atoms with Crippen molar-refractivity contribution in [1.82, 2.24) is 4.90 Å². The number of phenolic OH excluding ortho intramolecular Hbond substituents is 2. The zero-order valence-electron chi connectivity index (χ0n) is 37.1. The molecule has 15 heteroatoms. The molecule has 4 aliphatic rings. The number of phenols is 2.